The van der Waals surface area contributed by atoms with Crippen molar-refractivity contribution in [3.63, 3.8) is 0 Å². The van der Waals surface area contributed by atoms with E-state index in [1.54, 1.807) is 12.4 Å². The van der Waals surface area contributed by atoms with E-state index in [0.717, 1.165) is 16.1 Å². The molecule has 0 bridgehead atoms. The third-order valence-electron chi connectivity index (χ3n) is 3.51. The van der Waals surface area contributed by atoms with E-state index in [9.17, 15) is 0 Å². The summed E-state index contributed by atoms with van der Waals surface area (Å²) in [6.45, 7) is 0. The van der Waals surface area contributed by atoms with Gasteiger partial charge in [-0.2, -0.15) is 0 Å². The quantitative estimate of drug-likeness (QED) is 0.470. The molecule has 0 aliphatic heterocycles. The molecule has 94 valence electrons. The summed E-state index contributed by atoms with van der Waals surface area (Å²) in [6.07, 6.45) is 13.7. The molecular weight excluding hydrogens is 296 g/mol. The van der Waals surface area contributed by atoms with Crippen molar-refractivity contribution in [2.75, 3.05) is 11.1 Å². The van der Waals surface area contributed by atoms with Gasteiger partial charge in [-0.05, 0) is 18.3 Å². The predicted molar refractivity (Wildman–Crippen MR) is 76.7 cm³/mol. The normalized spacial score (nSPS) is 19.8. The molecule has 17 heavy (non-hydrogen) atoms. The van der Waals surface area contributed by atoms with Gasteiger partial charge in [-0.1, -0.05) is 41.6 Å². The van der Waals surface area contributed by atoms with Crippen molar-refractivity contribution >= 4 is 27.7 Å². The molecule has 0 aromatic carbocycles. The lowest BCUT2D eigenvalue weighted by molar-refractivity contribution is 0.334. The molecule has 0 saturated heterocycles. The van der Waals surface area contributed by atoms with Crippen LogP contribution in [0, 0.1) is 5.41 Å². The largest absolute Gasteiger partial charge is 0.260 e. The molecule has 2 nitrogen and oxygen atoms in total. The van der Waals surface area contributed by atoms with Gasteiger partial charge in [0.05, 0.1) is 6.20 Å². The average Bonchev–Trinajstić information content (AvgIpc) is 2.64. The van der Waals surface area contributed by atoms with Crippen molar-refractivity contribution in [1.29, 1.82) is 0 Å². The maximum absolute atomic E-state index is 4.34. The molecule has 0 unspecified atom stereocenters. The van der Waals surface area contributed by atoms with Gasteiger partial charge in [0.1, 0.15) is 5.03 Å². The number of hydrogen-bond donors (Lipinski definition) is 0. The van der Waals surface area contributed by atoms with Crippen LogP contribution >= 0.6 is 27.7 Å². The monoisotopic (exact) mass is 314 g/mol. The van der Waals surface area contributed by atoms with Crippen molar-refractivity contribution < 1.29 is 0 Å². The summed E-state index contributed by atoms with van der Waals surface area (Å²) >= 11 is 5.58. The van der Waals surface area contributed by atoms with Gasteiger partial charge < -0.3 is 0 Å². The van der Waals surface area contributed by atoms with E-state index in [1.807, 2.05) is 18.0 Å². The Morgan fingerprint density at radius 1 is 1.18 bits per heavy atom. The molecule has 2 rings (SSSR count). The zero-order chi connectivity index (χ0) is 12.0. The van der Waals surface area contributed by atoms with E-state index in [0.29, 0.717) is 5.41 Å². The zero-order valence-corrected chi connectivity index (χ0v) is 12.5. The van der Waals surface area contributed by atoms with Crippen LogP contribution in [0.3, 0.4) is 0 Å². The van der Waals surface area contributed by atoms with Crippen LogP contribution in [0.4, 0.5) is 0 Å². The molecule has 1 aliphatic carbocycles. The van der Waals surface area contributed by atoms with Gasteiger partial charge in [-0.3, -0.25) is 4.98 Å². The van der Waals surface area contributed by atoms with Gasteiger partial charge in [0, 0.05) is 23.5 Å². The molecule has 0 spiro atoms. The number of hydrogen-bond acceptors (Lipinski definition) is 3. The third-order valence-corrected chi connectivity index (χ3v) is 5.97. The highest BCUT2D eigenvalue weighted by Crippen LogP contribution is 2.40. The van der Waals surface area contributed by atoms with Crippen molar-refractivity contribution in [2.45, 2.75) is 43.6 Å². The van der Waals surface area contributed by atoms with Crippen molar-refractivity contribution in [1.82, 2.24) is 9.97 Å². The fourth-order valence-corrected chi connectivity index (χ4v) is 4.52. The van der Waals surface area contributed by atoms with Gasteiger partial charge in [-0.15, -0.1) is 11.8 Å². The standard InChI is InChI=1S/C13H19BrN2S/c14-10-13(5-3-1-2-4-6-13)11-17-12-9-15-7-8-16-12/h7-9H,1-6,10-11H2. The van der Waals surface area contributed by atoms with Crippen LogP contribution in [0.15, 0.2) is 23.6 Å². The molecule has 1 heterocycles. The van der Waals surface area contributed by atoms with Crippen LogP contribution in [-0.4, -0.2) is 21.1 Å². The molecule has 0 amide bonds. The maximum atomic E-state index is 4.34. The minimum absolute atomic E-state index is 0.471. The molecule has 1 fully saturated rings. The van der Waals surface area contributed by atoms with E-state index >= 15 is 0 Å². The molecule has 0 N–H and O–H groups in total. The molecule has 1 aliphatic rings. The first kappa shape index (κ1) is 13.3. The second kappa shape index (κ2) is 6.74. The summed E-state index contributed by atoms with van der Waals surface area (Å²) in [5.41, 5.74) is 0.471. The Bertz CT molecular complexity index is 323. The molecule has 0 radical (unpaired) electrons. The van der Waals surface area contributed by atoms with Crippen LogP contribution in [0.25, 0.3) is 0 Å². The highest BCUT2D eigenvalue weighted by Gasteiger charge is 2.29. The van der Waals surface area contributed by atoms with Crippen molar-refractivity contribution in [3.05, 3.63) is 18.6 Å². The third kappa shape index (κ3) is 3.95. The van der Waals surface area contributed by atoms with E-state index in [4.69, 9.17) is 0 Å². The van der Waals surface area contributed by atoms with E-state index in [-0.39, 0.29) is 0 Å². The first-order valence-electron chi connectivity index (χ1n) is 6.29. The van der Waals surface area contributed by atoms with E-state index in [2.05, 4.69) is 25.9 Å². The molecule has 4 heteroatoms. The SMILES string of the molecule is BrCC1(CSc2cnccn2)CCCCCC1. The number of nitrogens with zero attached hydrogens (tertiary/aromatic N) is 2. The van der Waals surface area contributed by atoms with Gasteiger partial charge in [0.2, 0.25) is 0 Å². The Labute approximate surface area is 116 Å². The Kier molecular flexibility index (Phi) is 5.29. The topological polar surface area (TPSA) is 25.8 Å². The van der Waals surface area contributed by atoms with E-state index in [1.165, 1.54) is 38.5 Å². The minimum Gasteiger partial charge on any atom is -0.260 e. The molecule has 1 aromatic heterocycles. The Morgan fingerprint density at radius 2 is 1.94 bits per heavy atom. The fourth-order valence-electron chi connectivity index (χ4n) is 2.38. The van der Waals surface area contributed by atoms with E-state index < -0.39 is 0 Å². The Hall–Kier alpha value is -0.0900. The number of rotatable bonds is 4. The van der Waals surface area contributed by atoms with Gasteiger partial charge in [0.25, 0.3) is 0 Å². The first-order valence-corrected chi connectivity index (χ1v) is 8.40. The van der Waals surface area contributed by atoms with Crippen LogP contribution in [0.5, 0.6) is 0 Å². The van der Waals surface area contributed by atoms with Gasteiger partial charge in [-0.25, -0.2) is 4.98 Å². The van der Waals surface area contributed by atoms with Crippen LogP contribution in [0.2, 0.25) is 0 Å². The highest BCUT2D eigenvalue weighted by molar-refractivity contribution is 9.09. The van der Waals surface area contributed by atoms with Crippen LogP contribution in [0.1, 0.15) is 38.5 Å². The minimum atomic E-state index is 0.471. The second-order valence-corrected chi connectivity index (χ2v) is 6.44. The molecular formula is C13H19BrN2S. The van der Waals surface area contributed by atoms with Crippen LogP contribution < -0.4 is 0 Å². The Balaban J connectivity index is 1.94. The summed E-state index contributed by atoms with van der Waals surface area (Å²) in [5, 5.41) is 2.17. The predicted octanol–water partition coefficient (Wildman–Crippen LogP) is 4.30. The molecule has 1 saturated carbocycles. The average molecular weight is 315 g/mol. The van der Waals surface area contributed by atoms with Gasteiger partial charge >= 0.3 is 0 Å². The molecule has 0 atom stereocenters. The summed E-state index contributed by atoms with van der Waals surface area (Å²) in [7, 11) is 0. The number of alkyl halides is 1. The summed E-state index contributed by atoms with van der Waals surface area (Å²) in [6, 6.07) is 0. The lowest BCUT2D eigenvalue weighted by atomic mass is 9.85. The lowest BCUT2D eigenvalue weighted by Gasteiger charge is -2.30. The fraction of sp³-hybridized carbons (Fsp3) is 0.692. The number of thioether (sulfide) groups is 1. The smallest absolute Gasteiger partial charge is 0.114 e. The molecule has 1 aromatic rings. The number of halogens is 1. The van der Waals surface area contributed by atoms with Crippen LogP contribution in [-0.2, 0) is 0 Å². The van der Waals surface area contributed by atoms with Crippen molar-refractivity contribution in [2.24, 2.45) is 5.41 Å². The highest BCUT2D eigenvalue weighted by atomic mass is 79.9. The summed E-state index contributed by atoms with van der Waals surface area (Å²) < 4.78 is 0. The summed E-state index contributed by atoms with van der Waals surface area (Å²) in [4.78, 5) is 8.46. The Morgan fingerprint density at radius 3 is 2.53 bits per heavy atom. The number of aromatic nitrogens is 2. The zero-order valence-electron chi connectivity index (χ0n) is 10.1. The van der Waals surface area contributed by atoms with Crippen molar-refractivity contribution in [3.8, 4) is 0 Å². The second-order valence-electron chi connectivity index (χ2n) is 4.88. The maximum Gasteiger partial charge on any atom is 0.114 e. The first-order chi connectivity index (χ1) is 8.35. The lowest BCUT2D eigenvalue weighted by Crippen LogP contribution is -2.25. The van der Waals surface area contributed by atoms with Gasteiger partial charge in [0.15, 0.2) is 0 Å². The summed E-state index contributed by atoms with van der Waals surface area (Å²) in [5.74, 6) is 1.16.